The van der Waals surface area contributed by atoms with Crippen molar-refractivity contribution in [1.29, 1.82) is 0 Å². The van der Waals surface area contributed by atoms with Crippen molar-refractivity contribution in [3.8, 4) is 39.9 Å². The molecule has 238 valence electrons. The molecule has 11 rings (SSSR count). The molecule has 0 spiro atoms. The van der Waals surface area contributed by atoms with Gasteiger partial charge in [-0.2, -0.15) is 0 Å². The summed E-state index contributed by atoms with van der Waals surface area (Å²) in [5.41, 5.74) is 9.13. The maximum absolute atomic E-state index is 6.76. The Morgan fingerprint density at radius 1 is 0.392 bits per heavy atom. The van der Waals surface area contributed by atoms with E-state index >= 15 is 0 Å². The topological polar surface area (TPSA) is 69.9 Å². The van der Waals surface area contributed by atoms with Crippen LogP contribution in [0.5, 0.6) is 0 Å². The molecule has 0 atom stereocenters. The lowest BCUT2D eigenvalue weighted by atomic mass is 10.1. The summed E-state index contributed by atoms with van der Waals surface area (Å²) in [6.45, 7) is 0. The van der Waals surface area contributed by atoms with Gasteiger partial charge in [0.1, 0.15) is 22.3 Å². The van der Waals surface area contributed by atoms with E-state index in [4.69, 9.17) is 23.8 Å². The van der Waals surface area contributed by atoms with Crippen LogP contribution in [0, 0.1) is 0 Å². The quantitative estimate of drug-likeness (QED) is 0.189. The molecule has 0 N–H and O–H groups in total. The molecule has 0 aliphatic heterocycles. The number of para-hydroxylation sites is 4. The van der Waals surface area contributed by atoms with Crippen molar-refractivity contribution in [3.63, 3.8) is 0 Å². The van der Waals surface area contributed by atoms with Gasteiger partial charge in [0.2, 0.25) is 0 Å². The van der Waals surface area contributed by atoms with Gasteiger partial charge in [-0.3, -0.25) is 0 Å². The lowest BCUT2D eigenvalue weighted by Gasteiger charge is -2.10. The van der Waals surface area contributed by atoms with Crippen molar-refractivity contribution >= 4 is 65.7 Å². The molecule has 0 radical (unpaired) electrons. The number of fused-ring (bicyclic) bond motifs is 9. The van der Waals surface area contributed by atoms with Crippen molar-refractivity contribution in [1.82, 2.24) is 19.5 Å². The molecule has 0 amide bonds. The number of benzene rings is 7. The first kappa shape index (κ1) is 27.9. The van der Waals surface area contributed by atoms with Crippen LogP contribution in [0.15, 0.2) is 167 Å². The highest BCUT2D eigenvalue weighted by Crippen LogP contribution is 2.41. The van der Waals surface area contributed by atoms with Crippen LogP contribution in [0.25, 0.3) is 106 Å². The summed E-state index contributed by atoms with van der Waals surface area (Å²) in [7, 11) is 0. The van der Waals surface area contributed by atoms with E-state index in [0.29, 0.717) is 17.5 Å². The molecule has 0 aliphatic carbocycles. The molecule has 0 fully saturated rings. The standard InChI is InChI=1S/C45H26N4O2/c1-2-12-27(13-3-1)43-46-44(28-24-25-39-34(26-28)31-16-6-9-22-38(31)50-39)48-45(47-43)33-18-10-17-32-41-37(21-11-23-40(41)51-42(32)33)49-35-19-7-4-14-29(35)30-15-5-8-20-36(30)49/h1-26H. The maximum Gasteiger partial charge on any atom is 0.167 e. The molecule has 11 aromatic rings. The van der Waals surface area contributed by atoms with Gasteiger partial charge in [0.15, 0.2) is 17.5 Å². The van der Waals surface area contributed by atoms with Crippen molar-refractivity contribution in [2.75, 3.05) is 0 Å². The summed E-state index contributed by atoms with van der Waals surface area (Å²) in [4.78, 5) is 15.2. The molecule has 0 aliphatic rings. The number of rotatable bonds is 4. The predicted molar refractivity (Wildman–Crippen MR) is 205 cm³/mol. The summed E-state index contributed by atoms with van der Waals surface area (Å²) in [6, 6.07) is 53.9. The Morgan fingerprint density at radius 3 is 1.80 bits per heavy atom. The SMILES string of the molecule is c1ccc(-c2nc(-c3ccc4oc5ccccc5c4c3)nc(-c3cccc4c3oc3cccc(-n5c6ccccc6c6ccccc65)c34)n2)cc1. The zero-order chi connectivity index (χ0) is 33.5. The highest BCUT2D eigenvalue weighted by molar-refractivity contribution is 6.16. The Hall–Kier alpha value is -7.05. The largest absolute Gasteiger partial charge is 0.456 e. The second-order valence-corrected chi connectivity index (χ2v) is 12.8. The first-order valence-corrected chi connectivity index (χ1v) is 16.9. The minimum atomic E-state index is 0.541. The molecule has 4 aromatic heterocycles. The maximum atomic E-state index is 6.76. The summed E-state index contributed by atoms with van der Waals surface area (Å²) in [5, 5.41) is 6.53. The number of nitrogens with zero attached hydrogens (tertiary/aromatic N) is 4. The molecule has 51 heavy (non-hydrogen) atoms. The fourth-order valence-electron chi connectivity index (χ4n) is 7.58. The van der Waals surface area contributed by atoms with Gasteiger partial charge in [0.25, 0.3) is 0 Å². The van der Waals surface area contributed by atoms with Gasteiger partial charge >= 0.3 is 0 Å². The van der Waals surface area contributed by atoms with Crippen LogP contribution in [0.4, 0.5) is 0 Å². The highest BCUT2D eigenvalue weighted by atomic mass is 16.3. The van der Waals surface area contributed by atoms with Crippen molar-refractivity contribution in [2.45, 2.75) is 0 Å². The van der Waals surface area contributed by atoms with E-state index in [1.807, 2.05) is 72.8 Å². The molecule has 7 aromatic carbocycles. The first-order chi connectivity index (χ1) is 25.3. The number of hydrogen-bond donors (Lipinski definition) is 0. The van der Waals surface area contributed by atoms with Gasteiger partial charge in [0, 0.05) is 38.1 Å². The zero-order valence-corrected chi connectivity index (χ0v) is 27.1. The minimum Gasteiger partial charge on any atom is -0.456 e. The van der Waals surface area contributed by atoms with Crippen LogP contribution >= 0.6 is 0 Å². The van der Waals surface area contributed by atoms with Crippen LogP contribution in [0.1, 0.15) is 0 Å². The van der Waals surface area contributed by atoms with E-state index in [1.165, 1.54) is 10.8 Å². The molecular weight excluding hydrogens is 629 g/mol. The summed E-state index contributed by atoms with van der Waals surface area (Å²) < 4.78 is 15.2. The van der Waals surface area contributed by atoms with Gasteiger partial charge in [-0.1, -0.05) is 103 Å². The van der Waals surface area contributed by atoms with E-state index in [2.05, 4.69) is 89.5 Å². The average Bonchev–Trinajstić information content (AvgIpc) is 3.87. The lowest BCUT2D eigenvalue weighted by Crippen LogP contribution is -2.00. The molecule has 6 nitrogen and oxygen atoms in total. The van der Waals surface area contributed by atoms with Gasteiger partial charge in [-0.05, 0) is 54.6 Å². The molecular formula is C45H26N4O2. The second kappa shape index (κ2) is 10.7. The van der Waals surface area contributed by atoms with Crippen LogP contribution in [0.2, 0.25) is 0 Å². The van der Waals surface area contributed by atoms with E-state index < -0.39 is 0 Å². The third-order valence-corrected chi connectivity index (χ3v) is 9.86. The smallest absolute Gasteiger partial charge is 0.167 e. The average molecular weight is 655 g/mol. The Balaban J connectivity index is 1.16. The van der Waals surface area contributed by atoms with Gasteiger partial charge in [-0.15, -0.1) is 0 Å². The van der Waals surface area contributed by atoms with Gasteiger partial charge in [-0.25, -0.2) is 15.0 Å². The Labute approximate surface area is 290 Å². The van der Waals surface area contributed by atoms with Crippen LogP contribution in [-0.4, -0.2) is 19.5 Å². The van der Waals surface area contributed by atoms with E-state index in [0.717, 1.165) is 77.3 Å². The summed E-state index contributed by atoms with van der Waals surface area (Å²) in [6.07, 6.45) is 0. The van der Waals surface area contributed by atoms with Crippen molar-refractivity contribution < 1.29 is 8.83 Å². The number of aromatic nitrogens is 4. The van der Waals surface area contributed by atoms with Crippen LogP contribution in [0.3, 0.4) is 0 Å². The van der Waals surface area contributed by atoms with Gasteiger partial charge < -0.3 is 13.4 Å². The molecule has 0 unspecified atom stereocenters. The predicted octanol–water partition coefficient (Wildman–Crippen LogP) is 11.8. The third kappa shape index (κ3) is 4.20. The molecule has 4 heterocycles. The first-order valence-electron chi connectivity index (χ1n) is 16.9. The van der Waals surface area contributed by atoms with Crippen molar-refractivity contribution in [2.24, 2.45) is 0 Å². The zero-order valence-electron chi connectivity index (χ0n) is 27.1. The van der Waals surface area contributed by atoms with E-state index in [9.17, 15) is 0 Å². The monoisotopic (exact) mass is 654 g/mol. The van der Waals surface area contributed by atoms with E-state index in [-0.39, 0.29) is 0 Å². The third-order valence-electron chi connectivity index (χ3n) is 9.86. The van der Waals surface area contributed by atoms with Gasteiger partial charge in [0.05, 0.1) is 27.7 Å². The Morgan fingerprint density at radius 2 is 1.00 bits per heavy atom. The number of furan rings is 2. The molecule has 0 saturated carbocycles. The number of hydrogen-bond acceptors (Lipinski definition) is 5. The van der Waals surface area contributed by atoms with E-state index in [1.54, 1.807) is 0 Å². The minimum absolute atomic E-state index is 0.541. The molecule has 0 saturated heterocycles. The Bertz CT molecular complexity index is 3100. The summed E-state index contributed by atoms with van der Waals surface area (Å²) >= 11 is 0. The Kier molecular flexibility index (Phi) is 5.86. The lowest BCUT2D eigenvalue weighted by molar-refractivity contribution is 0.669. The van der Waals surface area contributed by atoms with Crippen molar-refractivity contribution in [3.05, 3.63) is 158 Å². The normalized spacial score (nSPS) is 11.9. The molecule has 6 heteroatoms. The van der Waals surface area contributed by atoms with Crippen LogP contribution < -0.4 is 0 Å². The summed E-state index contributed by atoms with van der Waals surface area (Å²) in [5.74, 6) is 1.70. The highest BCUT2D eigenvalue weighted by Gasteiger charge is 2.21. The second-order valence-electron chi connectivity index (χ2n) is 12.8. The van der Waals surface area contributed by atoms with Crippen LogP contribution in [-0.2, 0) is 0 Å². The molecule has 0 bridgehead atoms. The fraction of sp³-hybridized carbons (Fsp3) is 0. The fourth-order valence-corrected chi connectivity index (χ4v) is 7.58.